The predicted molar refractivity (Wildman–Crippen MR) is 100 cm³/mol. The Morgan fingerprint density at radius 3 is 2.55 bits per heavy atom. The van der Waals surface area contributed by atoms with Crippen LogP contribution in [0.3, 0.4) is 0 Å². The van der Waals surface area contributed by atoms with Crippen molar-refractivity contribution in [2.75, 3.05) is 6.61 Å². The largest absolute Gasteiger partial charge is 0.573 e. The van der Waals surface area contributed by atoms with Gasteiger partial charge < -0.3 is 15.2 Å². The molecule has 1 atom stereocenters. The Balaban J connectivity index is 2.01. The fourth-order valence-corrected chi connectivity index (χ4v) is 2.56. The number of hydrogen-bond acceptors (Lipinski definition) is 7. The van der Waals surface area contributed by atoms with Gasteiger partial charge in [0.2, 0.25) is 0 Å². The van der Waals surface area contributed by atoms with Gasteiger partial charge in [0.15, 0.2) is 5.82 Å². The van der Waals surface area contributed by atoms with E-state index in [9.17, 15) is 18.0 Å². The molecule has 0 radical (unpaired) electrons. The minimum absolute atomic E-state index is 0.104. The van der Waals surface area contributed by atoms with Gasteiger partial charge in [0.25, 0.3) is 5.91 Å². The molecule has 2 N–H and O–H groups in total. The van der Waals surface area contributed by atoms with E-state index in [1.54, 1.807) is 19.3 Å². The Bertz CT molecular complexity index is 1120. The maximum atomic E-state index is 12.5. The molecule has 12 heteroatoms. The summed E-state index contributed by atoms with van der Waals surface area (Å²) in [4.78, 5) is 21.1. The number of nitriles is 1. The predicted octanol–water partition coefficient (Wildman–Crippen LogP) is 2.06. The van der Waals surface area contributed by atoms with E-state index < -0.39 is 30.7 Å². The molecule has 0 aliphatic rings. The molecule has 0 saturated carbocycles. The van der Waals surface area contributed by atoms with Gasteiger partial charge in [0, 0.05) is 18.8 Å². The first-order chi connectivity index (χ1) is 14.7. The number of aryl methyl sites for hydroxylation is 1. The molecular weight excluding hydrogens is 417 g/mol. The smallest absolute Gasteiger partial charge is 0.406 e. The number of nitrogens with zero attached hydrogens (tertiary/aromatic N) is 5. The van der Waals surface area contributed by atoms with Crippen molar-refractivity contribution in [3.8, 4) is 34.5 Å². The third-order valence-electron chi connectivity index (χ3n) is 3.95. The lowest BCUT2D eigenvalue weighted by Crippen LogP contribution is -2.36. The highest BCUT2D eigenvalue weighted by molar-refractivity contribution is 5.94. The SMILES string of the molecule is Cn1cc(-c2nc(C(=O)N[C@@H](C#N)CO)cc(-c3ccc(OC(F)(F)F)cc3)n2)cn1. The molecule has 0 unspecified atom stereocenters. The number of rotatable bonds is 6. The fourth-order valence-electron chi connectivity index (χ4n) is 2.56. The number of aliphatic hydroxyl groups excluding tert-OH is 1. The number of alkyl halides is 3. The van der Waals surface area contributed by atoms with Crippen molar-refractivity contribution in [2.45, 2.75) is 12.4 Å². The van der Waals surface area contributed by atoms with Gasteiger partial charge in [-0.15, -0.1) is 13.2 Å². The third-order valence-corrected chi connectivity index (χ3v) is 3.95. The number of ether oxygens (including phenoxy) is 1. The second-order valence-electron chi connectivity index (χ2n) is 6.27. The van der Waals surface area contributed by atoms with E-state index in [-0.39, 0.29) is 17.2 Å². The number of benzene rings is 1. The first-order valence-corrected chi connectivity index (χ1v) is 8.74. The highest BCUT2D eigenvalue weighted by Gasteiger charge is 2.31. The summed E-state index contributed by atoms with van der Waals surface area (Å²) in [7, 11) is 1.68. The number of halogens is 3. The molecule has 2 heterocycles. The molecule has 0 saturated heterocycles. The van der Waals surface area contributed by atoms with E-state index in [4.69, 9.17) is 10.4 Å². The molecule has 0 aliphatic heterocycles. The summed E-state index contributed by atoms with van der Waals surface area (Å²) in [5.41, 5.74) is 1.03. The minimum atomic E-state index is -4.82. The van der Waals surface area contributed by atoms with E-state index in [2.05, 4.69) is 25.1 Å². The van der Waals surface area contributed by atoms with Crippen LogP contribution in [-0.2, 0) is 7.05 Å². The number of carbonyl (C=O) groups is 1. The molecule has 0 fully saturated rings. The normalized spacial score (nSPS) is 12.1. The third kappa shape index (κ3) is 5.55. The van der Waals surface area contributed by atoms with Crippen LogP contribution in [0, 0.1) is 11.3 Å². The van der Waals surface area contributed by atoms with Gasteiger partial charge in [-0.1, -0.05) is 0 Å². The maximum absolute atomic E-state index is 12.5. The first kappa shape index (κ1) is 21.7. The van der Waals surface area contributed by atoms with Gasteiger partial charge in [0.05, 0.1) is 30.1 Å². The molecule has 0 aliphatic carbocycles. The van der Waals surface area contributed by atoms with E-state index in [1.165, 1.54) is 29.1 Å². The van der Waals surface area contributed by atoms with Crippen molar-refractivity contribution in [1.82, 2.24) is 25.1 Å². The Morgan fingerprint density at radius 1 is 1.29 bits per heavy atom. The highest BCUT2D eigenvalue weighted by atomic mass is 19.4. The van der Waals surface area contributed by atoms with Gasteiger partial charge in [-0.05, 0) is 30.3 Å². The Kier molecular flexibility index (Phi) is 6.17. The molecule has 3 rings (SSSR count). The molecule has 2 aromatic heterocycles. The molecule has 1 amide bonds. The van der Waals surface area contributed by atoms with Gasteiger partial charge in [0.1, 0.15) is 17.5 Å². The second kappa shape index (κ2) is 8.80. The van der Waals surface area contributed by atoms with Crippen LogP contribution in [0.25, 0.3) is 22.6 Å². The van der Waals surface area contributed by atoms with Crippen molar-refractivity contribution in [2.24, 2.45) is 7.05 Å². The van der Waals surface area contributed by atoms with Crippen LogP contribution in [0.15, 0.2) is 42.7 Å². The van der Waals surface area contributed by atoms with E-state index in [0.29, 0.717) is 11.1 Å². The van der Waals surface area contributed by atoms with Crippen LogP contribution in [0.4, 0.5) is 13.2 Å². The van der Waals surface area contributed by atoms with Crippen LogP contribution in [0.2, 0.25) is 0 Å². The van der Waals surface area contributed by atoms with Crippen molar-refractivity contribution in [3.05, 3.63) is 48.4 Å². The highest BCUT2D eigenvalue weighted by Crippen LogP contribution is 2.27. The quantitative estimate of drug-likeness (QED) is 0.611. The minimum Gasteiger partial charge on any atom is -0.406 e. The summed E-state index contributed by atoms with van der Waals surface area (Å²) in [5, 5.41) is 24.4. The fraction of sp³-hybridized carbons (Fsp3) is 0.211. The molecule has 3 aromatic rings. The second-order valence-corrected chi connectivity index (χ2v) is 6.27. The first-order valence-electron chi connectivity index (χ1n) is 8.74. The lowest BCUT2D eigenvalue weighted by Gasteiger charge is -2.11. The Hall–Kier alpha value is -3.98. The van der Waals surface area contributed by atoms with E-state index >= 15 is 0 Å². The molecule has 0 bridgehead atoms. The summed E-state index contributed by atoms with van der Waals surface area (Å²) in [5.74, 6) is -0.995. The molecule has 31 heavy (non-hydrogen) atoms. The van der Waals surface area contributed by atoms with Crippen LogP contribution >= 0.6 is 0 Å². The number of aromatic nitrogens is 4. The number of carbonyl (C=O) groups excluding carboxylic acids is 1. The van der Waals surface area contributed by atoms with E-state index in [1.807, 2.05) is 0 Å². The zero-order chi connectivity index (χ0) is 22.6. The van der Waals surface area contributed by atoms with E-state index in [0.717, 1.165) is 12.1 Å². The lowest BCUT2D eigenvalue weighted by molar-refractivity contribution is -0.274. The van der Waals surface area contributed by atoms with Crippen LogP contribution < -0.4 is 10.1 Å². The Labute approximate surface area is 173 Å². The number of aliphatic hydroxyl groups is 1. The van der Waals surface area contributed by atoms with Gasteiger partial charge in [-0.3, -0.25) is 9.48 Å². The maximum Gasteiger partial charge on any atom is 0.573 e. The standard InChI is InChI=1S/C19H15F3N6O3/c1-28-9-12(8-24-28)17-26-15(6-16(27-17)18(30)25-13(7-23)10-29)11-2-4-14(5-3-11)31-19(20,21)22/h2-6,8-9,13,29H,10H2,1H3,(H,25,30)/t13-/m0/s1. The van der Waals surface area contributed by atoms with Crippen LogP contribution in [0.5, 0.6) is 5.75 Å². The summed E-state index contributed by atoms with van der Waals surface area (Å²) in [6, 6.07) is 6.85. The van der Waals surface area contributed by atoms with Crippen molar-refractivity contribution in [3.63, 3.8) is 0 Å². The molecule has 160 valence electrons. The topological polar surface area (TPSA) is 126 Å². The summed E-state index contributed by atoms with van der Waals surface area (Å²) in [6.07, 6.45) is -1.72. The molecule has 0 spiro atoms. The van der Waals surface area contributed by atoms with Gasteiger partial charge in [-0.25, -0.2) is 9.97 Å². The summed E-state index contributed by atoms with van der Waals surface area (Å²) < 4.78 is 42.5. The Morgan fingerprint density at radius 2 is 2.00 bits per heavy atom. The average molecular weight is 432 g/mol. The van der Waals surface area contributed by atoms with Crippen molar-refractivity contribution >= 4 is 5.91 Å². The zero-order valence-corrected chi connectivity index (χ0v) is 16.0. The number of amides is 1. The number of hydrogen-bond donors (Lipinski definition) is 2. The zero-order valence-electron chi connectivity index (χ0n) is 16.0. The summed E-state index contributed by atoms with van der Waals surface area (Å²) >= 11 is 0. The lowest BCUT2D eigenvalue weighted by atomic mass is 10.1. The van der Waals surface area contributed by atoms with Gasteiger partial charge >= 0.3 is 6.36 Å². The molecule has 9 nitrogen and oxygen atoms in total. The molecular formula is C19H15F3N6O3. The van der Waals surface area contributed by atoms with Crippen molar-refractivity contribution in [1.29, 1.82) is 5.26 Å². The van der Waals surface area contributed by atoms with Crippen LogP contribution in [-0.4, -0.2) is 49.8 Å². The summed E-state index contributed by atoms with van der Waals surface area (Å²) in [6.45, 7) is -0.587. The average Bonchev–Trinajstić information content (AvgIpc) is 3.17. The van der Waals surface area contributed by atoms with Gasteiger partial charge in [-0.2, -0.15) is 10.4 Å². The monoisotopic (exact) mass is 432 g/mol. The molecule has 1 aromatic carbocycles. The van der Waals surface area contributed by atoms with Crippen molar-refractivity contribution < 1.29 is 27.8 Å². The number of nitrogens with one attached hydrogen (secondary N) is 1. The van der Waals surface area contributed by atoms with Crippen LogP contribution in [0.1, 0.15) is 10.5 Å².